The Morgan fingerprint density at radius 1 is 1.30 bits per heavy atom. The van der Waals surface area contributed by atoms with Crippen LogP contribution in [0.15, 0.2) is 12.1 Å². The van der Waals surface area contributed by atoms with E-state index in [4.69, 9.17) is 9.47 Å². The summed E-state index contributed by atoms with van der Waals surface area (Å²) in [7, 11) is 4.09. The van der Waals surface area contributed by atoms with Crippen LogP contribution in [0.1, 0.15) is 44.2 Å². The normalized spacial score (nSPS) is 43.7. The largest absolute Gasteiger partial charge is 0.493 e. The maximum atomic E-state index is 6.67. The molecule has 2 aliphatic carbocycles. The van der Waals surface area contributed by atoms with Crippen LogP contribution in [0.2, 0.25) is 0 Å². The molecule has 4 aliphatic rings. The Labute approximate surface area is 139 Å². The van der Waals surface area contributed by atoms with E-state index in [1.807, 2.05) is 0 Å². The molecule has 5 atom stereocenters. The predicted molar refractivity (Wildman–Crippen MR) is 90.3 cm³/mol. The maximum absolute atomic E-state index is 6.67. The summed E-state index contributed by atoms with van der Waals surface area (Å²) in [6, 6.07) is 5.06. The topological polar surface area (TPSA) is 21.7 Å². The van der Waals surface area contributed by atoms with E-state index < -0.39 is 0 Å². The van der Waals surface area contributed by atoms with Crippen molar-refractivity contribution >= 4 is 0 Å². The molecule has 1 aromatic carbocycles. The van der Waals surface area contributed by atoms with Gasteiger partial charge in [-0.25, -0.2) is 0 Å². The lowest BCUT2D eigenvalue weighted by Crippen LogP contribution is -2.70. The average Bonchev–Trinajstić information content (AvgIpc) is 2.90. The minimum Gasteiger partial charge on any atom is -0.493 e. The number of hydrogen-bond acceptors (Lipinski definition) is 3. The molecule has 0 amide bonds. The lowest BCUT2D eigenvalue weighted by Gasteiger charge is -2.65. The van der Waals surface area contributed by atoms with E-state index >= 15 is 0 Å². The first-order chi connectivity index (χ1) is 11.0. The van der Waals surface area contributed by atoms with Gasteiger partial charge in [-0.3, -0.25) is 0 Å². The first kappa shape index (κ1) is 14.2. The van der Waals surface area contributed by atoms with Crippen molar-refractivity contribution in [3.63, 3.8) is 0 Å². The van der Waals surface area contributed by atoms with E-state index in [9.17, 15) is 0 Å². The third-order valence-electron chi connectivity index (χ3n) is 7.80. The second kappa shape index (κ2) is 4.24. The lowest BCUT2D eigenvalue weighted by atomic mass is 9.43. The molecule has 1 saturated heterocycles. The van der Waals surface area contributed by atoms with Gasteiger partial charge in [-0.05, 0) is 62.2 Å². The minimum atomic E-state index is 0.194. The molecule has 0 radical (unpaired) electrons. The Hall–Kier alpha value is -1.22. The van der Waals surface area contributed by atoms with E-state index in [-0.39, 0.29) is 5.41 Å². The van der Waals surface area contributed by atoms with Crippen molar-refractivity contribution in [1.82, 2.24) is 4.90 Å². The molecule has 1 aromatic rings. The molecule has 0 aromatic heterocycles. The van der Waals surface area contributed by atoms with Gasteiger partial charge in [0.1, 0.15) is 6.10 Å². The van der Waals surface area contributed by atoms with Gasteiger partial charge in [-0.2, -0.15) is 0 Å². The van der Waals surface area contributed by atoms with E-state index in [0.717, 1.165) is 17.9 Å². The number of benzene rings is 1. The molecule has 3 unspecified atom stereocenters. The molecule has 2 heterocycles. The van der Waals surface area contributed by atoms with Crippen LogP contribution in [0.5, 0.6) is 11.5 Å². The van der Waals surface area contributed by atoms with Crippen LogP contribution >= 0.6 is 0 Å². The summed E-state index contributed by atoms with van der Waals surface area (Å²) >= 11 is 0. The molecule has 0 N–H and O–H groups in total. The van der Waals surface area contributed by atoms with Crippen LogP contribution in [-0.4, -0.2) is 37.7 Å². The molecular formula is C20H27NO2. The fourth-order valence-electron chi connectivity index (χ4n) is 6.63. The summed E-state index contributed by atoms with van der Waals surface area (Å²) in [6.07, 6.45) is 5.30. The zero-order chi connectivity index (χ0) is 16.0. The molecule has 2 fully saturated rings. The summed E-state index contributed by atoms with van der Waals surface area (Å²) in [5.74, 6) is 2.62. The van der Waals surface area contributed by atoms with Crippen LogP contribution in [0.3, 0.4) is 0 Å². The molecule has 23 heavy (non-hydrogen) atoms. The monoisotopic (exact) mass is 313 g/mol. The number of likely N-dealkylation sites (tertiary alicyclic amines) is 1. The van der Waals surface area contributed by atoms with Gasteiger partial charge in [-0.1, -0.05) is 19.9 Å². The van der Waals surface area contributed by atoms with Crippen molar-refractivity contribution in [3.8, 4) is 11.5 Å². The van der Waals surface area contributed by atoms with Crippen molar-refractivity contribution < 1.29 is 9.47 Å². The quantitative estimate of drug-likeness (QED) is 0.793. The zero-order valence-electron chi connectivity index (χ0n) is 14.7. The van der Waals surface area contributed by atoms with Gasteiger partial charge >= 0.3 is 0 Å². The van der Waals surface area contributed by atoms with E-state index in [0.29, 0.717) is 23.5 Å². The summed E-state index contributed by atoms with van der Waals surface area (Å²) in [4.78, 5) is 2.61. The fraction of sp³-hybridized carbons (Fsp3) is 0.700. The van der Waals surface area contributed by atoms with E-state index in [2.05, 4.69) is 37.9 Å². The highest BCUT2D eigenvalue weighted by Crippen LogP contribution is 2.69. The number of likely N-dealkylation sites (N-methyl/N-ethyl adjacent to an activating group) is 1. The Kier molecular flexibility index (Phi) is 2.61. The van der Waals surface area contributed by atoms with Crippen molar-refractivity contribution in [2.75, 3.05) is 20.7 Å². The van der Waals surface area contributed by atoms with Crippen LogP contribution < -0.4 is 9.47 Å². The highest BCUT2D eigenvalue weighted by Gasteiger charge is 2.70. The van der Waals surface area contributed by atoms with Gasteiger partial charge < -0.3 is 14.4 Å². The average molecular weight is 313 g/mol. The van der Waals surface area contributed by atoms with Crippen LogP contribution in [-0.2, 0) is 11.8 Å². The summed E-state index contributed by atoms with van der Waals surface area (Å²) in [6.45, 7) is 6.12. The Bertz CT molecular complexity index is 686. The number of methoxy groups -OCH3 is 1. The third-order valence-corrected chi connectivity index (χ3v) is 7.80. The molecule has 1 saturated carbocycles. The van der Waals surface area contributed by atoms with Crippen molar-refractivity contribution in [1.29, 1.82) is 0 Å². The molecule has 2 bridgehead atoms. The highest BCUT2D eigenvalue weighted by molar-refractivity contribution is 5.62. The minimum absolute atomic E-state index is 0.194. The van der Waals surface area contributed by atoms with Gasteiger partial charge in [-0.15, -0.1) is 0 Å². The van der Waals surface area contributed by atoms with Crippen LogP contribution in [0.25, 0.3) is 0 Å². The van der Waals surface area contributed by atoms with Crippen LogP contribution in [0, 0.1) is 11.3 Å². The van der Waals surface area contributed by atoms with Crippen molar-refractivity contribution in [3.05, 3.63) is 23.3 Å². The number of nitrogens with zero attached hydrogens (tertiary/aromatic N) is 1. The first-order valence-electron chi connectivity index (χ1n) is 9.10. The summed E-state index contributed by atoms with van der Waals surface area (Å²) in [5, 5.41) is 0. The second-order valence-electron chi connectivity index (χ2n) is 8.52. The predicted octanol–water partition coefficient (Wildman–Crippen LogP) is 3.39. The number of ether oxygens (including phenoxy) is 2. The Balaban J connectivity index is 1.84. The van der Waals surface area contributed by atoms with E-state index in [1.54, 1.807) is 7.11 Å². The fourth-order valence-corrected chi connectivity index (χ4v) is 6.63. The second-order valence-corrected chi connectivity index (χ2v) is 8.52. The van der Waals surface area contributed by atoms with Gasteiger partial charge in [0.05, 0.1) is 7.11 Å². The van der Waals surface area contributed by atoms with Gasteiger partial charge in [0.2, 0.25) is 0 Å². The van der Waals surface area contributed by atoms with Crippen molar-refractivity contribution in [2.24, 2.45) is 11.3 Å². The standard InChI is InChI=1S/C20H27NO2/c1-12-7-8-19(2)15-11-13-5-6-14(22-4)17-16(13)20(19,18(12)23-17)9-10-21(15)3/h5-6,12,15,18H,7-11H2,1-4H3/t12?,15?,18-,19?,20-/m0/s1. The lowest BCUT2D eigenvalue weighted by molar-refractivity contribution is -0.124. The maximum Gasteiger partial charge on any atom is 0.165 e. The van der Waals surface area contributed by atoms with Gasteiger partial charge in [0, 0.05) is 17.0 Å². The molecule has 1 spiro atoms. The summed E-state index contributed by atoms with van der Waals surface area (Å²) in [5.41, 5.74) is 3.54. The Morgan fingerprint density at radius 2 is 2.13 bits per heavy atom. The third kappa shape index (κ3) is 1.38. The molecule has 3 nitrogen and oxygen atoms in total. The number of rotatable bonds is 1. The van der Waals surface area contributed by atoms with Crippen molar-refractivity contribution in [2.45, 2.75) is 57.1 Å². The van der Waals surface area contributed by atoms with Crippen LogP contribution in [0.4, 0.5) is 0 Å². The van der Waals surface area contributed by atoms with E-state index in [1.165, 1.54) is 36.9 Å². The smallest absolute Gasteiger partial charge is 0.165 e. The highest BCUT2D eigenvalue weighted by atomic mass is 16.5. The molecule has 124 valence electrons. The Morgan fingerprint density at radius 3 is 2.91 bits per heavy atom. The summed E-state index contributed by atoms with van der Waals surface area (Å²) < 4.78 is 12.3. The number of piperidine rings is 1. The number of hydrogen-bond donors (Lipinski definition) is 0. The van der Waals surface area contributed by atoms with Gasteiger partial charge in [0.25, 0.3) is 0 Å². The molecule has 2 aliphatic heterocycles. The zero-order valence-corrected chi connectivity index (χ0v) is 14.7. The molecular weight excluding hydrogens is 286 g/mol. The first-order valence-corrected chi connectivity index (χ1v) is 9.10. The molecule has 3 heteroatoms. The molecule has 5 rings (SSSR count). The van der Waals surface area contributed by atoms with Gasteiger partial charge in [0.15, 0.2) is 11.5 Å². The SMILES string of the molecule is COc1ccc2c3c1O[C@H]1C(C)CCC4(C)C(C2)N(C)CC[C@]314.